The van der Waals surface area contributed by atoms with Gasteiger partial charge in [0.15, 0.2) is 11.4 Å². The van der Waals surface area contributed by atoms with E-state index in [-0.39, 0.29) is 11.4 Å². The van der Waals surface area contributed by atoms with Crippen LogP contribution in [0.5, 0.6) is 0 Å². The van der Waals surface area contributed by atoms with Gasteiger partial charge < -0.3 is 9.73 Å². The molecule has 12 heteroatoms. The third-order valence-electron chi connectivity index (χ3n) is 4.36. The number of anilines is 1. The summed E-state index contributed by atoms with van der Waals surface area (Å²) in [6, 6.07) is 7.77. The van der Waals surface area contributed by atoms with Gasteiger partial charge in [0.05, 0.1) is 10.4 Å². The van der Waals surface area contributed by atoms with Crippen molar-refractivity contribution in [1.29, 1.82) is 0 Å². The Labute approximate surface area is 171 Å². The van der Waals surface area contributed by atoms with Crippen LogP contribution in [0.1, 0.15) is 5.82 Å². The molecule has 0 radical (unpaired) electrons. The molecule has 0 saturated carbocycles. The molecule has 0 amide bonds. The number of sulfonamides is 1. The molecule has 11 nitrogen and oxygen atoms in total. The predicted molar refractivity (Wildman–Crippen MR) is 109 cm³/mol. The van der Waals surface area contributed by atoms with E-state index in [0.29, 0.717) is 35.1 Å². The van der Waals surface area contributed by atoms with Crippen molar-refractivity contribution < 1.29 is 12.8 Å². The highest BCUT2D eigenvalue weighted by atomic mass is 32.2. The molecule has 0 atom stereocenters. The van der Waals surface area contributed by atoms with Crippen molar-refractivity contribution in [2.45, 2.75) is 11.8 Å². The summed E-state index contributed by atoms with van der Waals surface area (Å²) in [4.78, 5) is 20.2. The van der Waals surface area contributed by atoms with Crippen LogP contribution in [0, 0.1) is 6.92 Å². The zero-order valence-electron chi connectivity index (χ0n) is 16.2. The summed E-state index contributed by atoms with van der Waals surface area (Å²) < 4.78 is 35.6. The van der Waals surface area contributed by atoms with E-state index in [2.05, 4.69) is 25.1 Å². The van der Waals surface area contributed by atoms with E-state index in [0.717, 1.165) is 0 Å². The van der Waals surface area contributed by atoms with Crippen molar-refractivity contribution in [2.75, 3.05) is 18.4 Å². The van der Waals surface area contributed by atoms with Crippen LogP contribution in [0.2, 0.25) is 0 Å². The van der Waals surface area contributed by atoms with E-state index in [9.17, 15) is 13.2 Å². The number of nitrogens with zero attached hydrogens (tertiary/aromatic N) is 5. The number of benzene rings is 1. The predicted octanol–water partition coefficient (Wildman–Crippen LogP) is 0.806. The van der Waals surface area contributed by atoms with Gasteiger partial charge in [-0.3, -0.25) is 4.57 Å². The Morgan fingerprint density at radius 2 is 2.00 bits per heavy atom. The molecule has 156 valence electrons. The molecule has 0 spiro atoms. The maximum Gasteiger partial charge on any atom is 0.419 e. The number of aryl methyl sites for hydroxylation is 2. The number of fused-ring (bicyclic) bond motifs is 1. The summed E-state index contributed by atoms with van der Waals surface area (Å²) in [6.07, 6.45) is 3.42. The number of hydrogen-bond donors (Lipinski definition) is 2. The van der Waals surface area contributed by atoms with Crippen molar-refractivity contribution in [3.63, 3.8) is 0 Å². The maximum absolute atomic E-state index is 12.6. The summed E-state index contributed by atoms with van der Waals surface area (Å²) in [5, 5.41) is 7.21. The summed E-state index contributed by atoms with van der Waals surface area (Å²) in [7, 11) is -2.24. The molecule has 4 aromatic rings. The Bertz CT molecular complexity index is 1360. The van der Waals surface area contributed by atoms with Crippen LogP contribution in [0.15, 0.2) is 56.8 Å². The molecular weight excluding hydrogens is 410 g/mol. The average molecular weight is 429 g/mol. The highest BCUT2D eigenvalue weighted by Gasteiger charge is 2.16. The molecule has 0 bridgehead atoms. The van der Waals surface area contributed by atoms with Crippen LogP contribution >= 0.6 is 0 Å². The van der Waals surface area contributed by atoms with Gasteiger partial charge in [-0.05, 0) is 31.2 Å². The summed E-state index contributed by atoms with van der Waals surface area (Å²) >= 11 is 0. The van der Waals surface area contributed by atoms with E-state index in [1.807, 2.05) is 0 Å². The average Bonchev–Trinajstić information content (AvgIpc) is 3.34. The summed E-state index contributed by atoms with van der Waals surface area (Å²) in [6.45, 7) is 2.20. The van der Waals surface area contributed by atoms with Crippen LogP contribution in [-0.4, -0.2) is 45.8 Å². The van der Waals surface area contributed by atoms with Gasteiger partial charge in [0.25, 0.3) is 0 Å². The van der Waals surface area contributed by atoms with Gasteiger partial charge in [0.1, 0.15) is 11.6 Å². The fourth-order valence-corrected chi connectivity index (χ4v) is 3.95. The monoisotopic (exact) mass is 429 g/mol. The molecule has 0 fully saturated rings. The van der Waals surface area contributed by atoms with Crippen molar-refractivity contribution in [3.05, 3.63) is 59.1 Å². The van der Waals surface area contributed by atoms with Gasteiger partial charge in [0, 0.05) is 38.6 Å². The van der Waals surface area contributed by atoms with Gasteiger partial charge in [-0.1, -0.05) is 0 Å². The molecular formula is C18H19N7O4S. The Balaban J connectivity index is 1.42. The minimum atomic E-state index is -3.76. The SMILES string of the molecule is Cc1nc(NCCNS(=O)(=O)c2ccc3oc(=O)n(C)c3c2)cc(-n2cccn2)n1. The minimum Gasteiger partial charge on any atom is -0.408 e. The Kier molecular flexibility index (Phi) is 5.10. The van der Waals surface area contributed by atoms with Crippen molar-refractivity contribution in [2.24, 2.45) is 7.05 Å². The van der Waals surface area contributed by atoms with Gasteiger partial charge in [0.2, 0.25) is 10.0 Å². The molecule has 0 saturated heterocycles. The van der Waals surface area contributed by atoms with E-state index in [4.69, 9.17) is 4.42 Å². The second-order valence-corrected chi connectivity index (χ2v) is 8.26. The number of aromatic nitrogens is 5. The van der Waals surface area contributed by atoms with Crippen LogP contribution in [-0.2, 0) is 17.1 Å². The molecule has 0 aliphatic heterocycles. The zero-order chi connectivity index (χ0) is 21.3. The molecule has 3 aromatic heterocycles. The number of oxazole rings is 1. The lowest BCUT2D eigenvalue weighted by molar-refractivity contribution is 0.528. The number of nitrogens with one attached hydrogen (secondary N) is 2. The first-order chi connectivity index (χ1) is 14.3. The fourth-order valence-electron chi connectivity index (χ4n) is 2.90. The second-order valence-electron chi connectivity index (χ2n) is 6.49. The number of rotatable bonds is 7. The van der Waals surface area contributed by atoms with E-state index in [1.165, 1.54) is 29.8 Å². The van der Waals surface area contributed by atoms with Crippen molar-refractivity contribution in [1.82, 2.24) is 29.0 Å². The van der Waals surface area contributed by atoms with Crippen molar-refractivity contribution in [3.8, 4) is 5.82 Å². The molecule has 0 aliphatic rings. The molecule has 1 aromatic carbocycles. The molecule has 0 unspecified atom stereocenters. The smallest absolute Gasteiger partial charge is 0.408 e. The Morgan fingerprint density at radius 1 is 1.17 bits per heavy atom. The highest BCUT2D eigenvalue weighted by Crippen LogP contribution is 2.17. The lowest BCUT2D eigenvalue weighted by atomic mass is 10.3. The molecule has 2 N–H and O–H groups in total. The highest BCUT2D eigenvalue weighted by molar-refractivity contribution is 7.89. The molecule has 4 rings (SSSR count). The fraction of sp³-hybridized carbons (Fsp3) is 0.222. The van der Waals surface area contributed by atoms with Crippen LogP contribution < -0.4 is 15.8 Å². The van der Waals surface area contributed by atoms with E-state index < -0.39 is 15.8 Å². The third-order valence-corrected chi connectivity index (χ3v) is 5.82. The zero-order valence-corrected chi connectivity index (χ0v) is 17.0. The summed E-state index contributed by atoms with van der Waals surface area (Å²) in [5.74, 6) is 1.17. The third kappa shape index (κ3) is 3.95. The first-order valence-corrected chi connectivity index (χ1v) is 10.5. The van der Waals surface area contributed by atoms with Crippen LogP contribution in [0.3, 0.4) is 0 Å². The molecule has 3 heterocycles. The Hall–Kier alpha value is -3.51. The Morgan fingerprint density at radius 3 is 2.77 bits per heavy atom. The second kappa shape index (κ2) is 7.72. The number of hydrogen-bond acceptors (Lipinski definition) is 8. The molecule has 0 aliphatic carbocycles. The van der Waals surface area contributed by atoms with Crippen LogP contribution in [0.4, 0.5) is 5.82 Å². The standard InChI is InChI=1S/C18H19N7O4S/c1-12-22-16(11-17(23-12)25-9-3-6-20-25)19-7-8-21-30(27,28)13-4-5-15-14(10-13)24(2)18(26)29-15/h3-6,9-11,21H,7-8H2,1-2H3,(H,19,22,23). The lowest BCUT2D eigenvalue weighted by Gasteiger charge is -2.10. The minimum absolute atomic E-state index is 0.0465. The van der Waals surface area contributed by atoms with E-state index >= 15 is 0 Å². The maximum atomic E-state index is 12.6. The van der Waals surface area contributed by atoms with Gasteiger partial charge >= 0.3 is 5.76 Å². The van der Waals surface area contributed by atoms with Gasteiger partial charge in [-0.15, -0.1) is 0 Å². The topological polar surface area (TPSA) is 137 Å². The van der Waals surface area contributed by atoms with Crippen molar-refractivity contribution >= 4 is 26.9 Å². The van der Waals surface area contributed by atoms with Gasteiger partial charge in [-0.25, -0.2) is 32.6 Å². The largest absolute Gasteiger partial charge is 0.419 e. The lowest BCUT2D eigenvalue weighted by Crippen LogP contribution is -2.29. The van der Waals surface area contributed by atoms with Gasteiger partial charge in [-0.2, -0.15) is 5.10 Å². The normalized spacial score (nSPS) is 11.8. The first-order valence-electron chi connectivity index (χ1n) is 9.02. The summed E-state index contributed by atoms with van der Waals surface area (Å²) in [5.41, 5.74) is 0.735. The molecule has 30 heavy (non-hydrogen) atoms. The van der Waals surface area contributed by atoms with Crippen LogP contribution in [0.25, 0.3) is 16.9 Å². The quantitative estimate of drug-likeness (QED) is 0.412. The first kappa shape index (κ1) is 19.8. The van der Waals surface area contributed by atoms with E-state index in [1.54, 1.807) is 36.1 Å².